The highest BCUT2D eigenvalue weighted by Gasteiger charge is 2.31. The lowest BCUT2D eigenvalue weighted by molar-refractivity contribution is -0.121. The zero-order chi connectivity index (χ0) is 10.7. The molecular weight excluding hydrogens is 178 g/mol. The SMILES string of the molecule is CC(CN1CCC(C)C1CN)C(N)=O. The molecule has 1 heterocycles. The van der Waals surface area contributed by atoms with E-state index in [0.29, 0.717) is 18.5 Å². The van der Waals surface area contributed by atoms with Gasteiger partial charge in [0, 0.05) is 25.0 Å². The summed E-state index contributed by atoms with van der Waals surface area (Å²) < 4.78 is 0. The number of primary amides is 1. The average Bonchev–Trinajstić information content (AvgIpc) is 2.46. The fraction of sp³-hybridized carbons (Fsp3) is 0.900. The minimum Gasteiger partial charge on any atom is -0.369 e. The van der Waals surface area contributed by atoms with Crippen LogP contribution >= 0.6 is 0 Å². The van der Waals surface area contributed by atoms with Gasteiger partial charge in [-0.3, -0.25) is 9.69 Å². The Morgan fingerprint density at radius 1 is 1.64 bits per heavy atom. The molecule has 1 amide bonds. The molecule has 82 valence electrons. The summed E-state index contributed by atoms with van der Waals surface area (Å²) in [6, 6.07) is 0.428. The van der Waals surface area contributed by atoms with Crippen LogP contribution in [0.2, 0.25) is 0 Å². The number of hydrogen-bond donors (Lipinski definition) is 2. The van der Waals surface area contributed by atoms with Gasteiger partial charge >= 0.3 is 0 Å². The fourth-order valence-corrected chi connectivity index (χ4v) is 2.14. The molecule has 0 bridgehead atoms. The minimum absolute atomic E-state index is 0.0747. The topological polar surface area (TPSA) is 72.3 Å². The molecule has 3 unspecified atom stereocenters. The molecule has 4 nitrogen and oxygen atoms in total. The highest BCUT2D eigenvalue weighted by atomic mass is 16.1. The summed E-state index contributed by atoms with van der Waals surface area (Å²) in [6.45, 7) is 6.56. The van der Waals surface area contributed by atoms with Crippen LogP contribution in [0.3, 0.4) is 0 Å². The lowest BCUT2D eigenvalue weighted by atomic mass is 10.0. The molecule has 1 aliphatic heterocycles. The number of hydrogen-bond acceptors (Lipinski definition) is 3. The summed E-state index contributed by atoms with van der Waals surface area (Å²) in [5.41, 5.74) is 10.9. The van der Waals surface area contributed by atoms with Gasteiger partial charge in [0.2, 0.25) is 5.91 Å². The number of amides is 1. The monoisotopic (exact) mass is 199 g/mol. The Morgan fingerprint density at radius 3 is 2.79 bits per heavy atom. The molecule has 1 aliphatic rings. The zero-order valence-electron chi connectivity index (χ0n) is 9.07. The van der Waals surface area contributed by atoms with Crippen molar-refractivity contribution in [2.75, 3.05) is 19.6 Å². The van der Waals surface area contributed by atoms with Crippen molar-refractivity contribution in [3.63, 3.8) is 0 Å². The normalized spacial score (nSPS) is 30.5. The van der Waals surface area contributed by atoms with E-state index in [-0.39, 0.29) is 11.8 Å². The Labute approximate surface area is 85.6 Å². The first kappa shape index (κ1) is 11.5. The van der Waals surface area contributed by atoms with Crippen LogP contribution in [0.1, 0.15) is 20.3 Å². The fourth-order valence-electron chi connectivity index (χ4n) is 2.14. The molecule has 0 aliphatic carbocycles. The standard InChI is InChI=1S/C10H21N3O/c1-7-3-4-13(9(7)5-11)6-8(2)10(12)14/h7-9H,3-6,11H2,1-2H3,(H2,12,14). The van der Waals surface area contributed by atoms with Crippen molar-refractivity contribution in [2.45, 2.75) is 26.3 Å². The molecule has 4 heteroatoms. The molecular formula is C10H21N3O. The highest BCUT2D eigenvalue weighted by Crippen LogP contribution is 2.23. The van der Waals surface area contributed by atoms with Crippen LogP contribution in [0.4, 0.5) is 0 Å². The van der Waals surface area contributed by atoms with Gasteiger partial charge in [-0.1, -0.05) is 13.8 Å². The Bertz CT molecular complexity index is 208. The van der Waals surface area contributed by atoms with Gasteiger partial charge in [-0.05, 0) is 18.9 Å². The van der Waals surface area contributed by atoms with Crippen LogP contribution in [0, 0.1) is 11.8 Å². The number of nitrogens with zero attached hydrogens (tertiary/aromatic N) is 1. The van der Waals surface area contributed by atoms with Crippen molar-refractivity contribution in [2.24, 2.45) is 23.3 Å². The van der Waals surface area contributed by atoms with E-state index in [1.165, 1.54) is 6.42 Å². The summed E-state index contributed by atoms with van der Waals surface area (Å²) in [7, 11) is 0. The van der Waals surface area contributed by atoms with Gasteiger partial charge in [-0.2, -0.15) is 0 Å². The summed E-state index contributed by atoms with van der Waals surface area (Å²) in [5, 5.41) is 0. The first-order valence-electron chi connectivity index (χ1n) is 5.29. The number of carbonyl (C=O) groups excluding carboxylic acids is 1. The smallest absolute Gasteiger partial charge is 0.221 e. The van der Waals surface area contributed by atoms with E-state index in [4.69, 9.17) is 11.5 Å². The van der Waals surface area contributed by atoms with Crippen LogP contribution in [-0.2, 0) is 4.79 Å². The van der Waals surface area contributed by atoms with Crippen molar-refractivity contribution in [1.82, 2.24) is 4.90 Å². The molecule has 0 spiro atoms. The predicted molar refractivity (Wildman–Crippen MR) is 56.6 cm³/mol. The number of carbonyl (C=O) groups is 1. The van der Waals surface area contributed by atoms with Gasteiger partial charge in [-0.15, -0.1) is 0 Å². The molecule has 1 saturated heterocycles. The van der Waals surface area contributed by atoms with Gasteiger partial charge in [0.15, 0.2) is 0 Å². The second kappa shape index (κ2) is 4.75. The average molecular weight is 199 g/mol. The molecule has 3 atom stereocenters. The Morgan fingerprint density at radius 2 is 2.29 bits per heavy atom. The lowest BCUT2D eigenvalue weighted by Gasteiger charge is -2.27. The third kappa shape index (κ3) is 2.45. The second-order valence-electron chi connectivity index (χ2n) is 4.37. The van der Waals surface area contributed by atoms with E-state index in [2.05, 4.69) is 11.8 Å². The van der Waals surface area contributed by atoms with Gasteiger partial charge in [0.1, 0.15) is 0 Å². The van der Waals surface area contributed by atoms with E-state index in [9.17, 15) is 4.79 Å². The molecule has 0 aromatic carbocycles. The molecule has 0 saturated carbocycles. The van der Waals surface area contributed by atoms with E-state index in [0.717, 1.165) is 13.1 Å². The van der Waals surface area contributed by atoms with Crippen molar-refractivity contribution in [3.8, 4) is 0 Å². The van der Waals surface area contributed by atoms with Gasteiger partial charge < -0.3 is 11.5 Å². The van der Waals surface area contributed by atoms with E-state index < -0.39 is 0 Å². The van der Waals surface area contributed by atoms with Crippen molar-refractivity contribution in [1.29, 1.82) is 0 Å². The largest absolute Gasteiger partial charge is 0.369 e. The Balaban J connectivity index is 2.48. The number of nitrogens with two attached hydrogens (primary N) is 2. The lowest BCUT2D eigenvalue weighted by Crippen LogP contribution is -2.42. The first-order valence-corrected chi connectivity index (χ1v) is 5.29. The van der Waals surface area contributed by atoms with Crippen LogP contribution in [0.5, 0.6) is 0 Å². The molecule has 1 rings (SSSR count). The summed E-state index contributed by atoms with van der Waals surface area (Å²) in [5.74, 6) is 0.342. The van der Waals surface area contributed by atoms with Gasteiger partial charge in [-0.25, -0.2) is 0 Å². The van der Waals surface area contributed by atoms with E-state index in [1.54, 1.807) is 0 Å². The van der Waals surface area contributed by atoms with Gasteiger partial charge in [0.25, 0.3) is 0 Å². The van der Waals surface area contributed by atoms with E-state index >= 15 is 0 Å². The zero-order valence-corrected chi connectivity index (χ0v) is 9.07. The van der Waals surface area contributed by atoms with Crippen LogP contribution < -0.4 is 11.5 Å². The van der Waals surface area contributed by atoms with Crippen LogP contribution in [-0.4, -0.2) is 36.5 Å². The minimum atomic E-state index is -0.222. The van der Waals surface area contributed by atoms with Crippen molar-refractivity contribution in [3.05, 3.63) is 0 Å². The molecule has 4 N–H and O–H groups in total. The quantitative estimate of drug-likeness (QED) is 0.657. The maximum Gasteiger partial charge on any atom is 0.221 e. The third-order valence-electron chi connectivity index (χ3n) is 3.23. The summed E-state index contributed by atoms with van der Waals surface area (Å²) >= 11 is 0. The number of rotatable bonds is 4. The van der Waals surface area contributed by atoms with Crippen LogP contribution in [0.15, 0.2) is 0 Å². The Kier molecular flexibility index (Phi) is 3.89. The second-order valence-corrected chi connectivity index (χ2v) is 4.37. The molecule has 0 aromatic heterocycles. The molecule has 0 radical (unpaired) electrons. The maximum absolute atomic E-state index is 10.9. The van der Waals surface area contributed by atoms with Crippen molar-refractivity contribution >= 4 is 5.91 Å². The summed E-state index contributed by atoms with van der Waals surface area (Å²) in [4.78, 5) is 13.2. The maximum atomic E-state index is 10.9. The molecule has 14 heavy (non-hydrogen) atoms. The number of likely N-dealkylation sites (tertiary alicyclic amines) is 1. The highest BCUT2D eigenvalue weighted by molar-refractivity contribution is 5.76. The van der Waals surface area contributed by atoms with Gasteiger partial charge in [0.05, 0.1) is 0 Å². The first-order chi connectivity index (χ1) is 6.56. The Hall–Kier alpha value is -0.610. The third-order valence-corrected chi connectivity index (χ3v) is 3.23. The molecule has 0 aromatic rings. The predicted octanol–water partition coefficient (Wildman–Crippen LogP) is -0.223. The van der Waals surface area contributed by atoms with Crippen molar-refractivity contribution < 1.29 is 4.79 Å². The van der Waals surface area contributed by atoms with Crippen LogP contribution in [0.25, 0.3) is 0 Å². The molecule has 1 fully saturated rings. The summed E-state index contributed by atoms with van der Waals surface area (Å²) in [6.07, 6.45) is 1.17. The van der Waals surface area contributed by atoms with E-state index in [1.807, 2.05) is 6.92 Å².